The van der Waals surface area contributed by atoms with Gasteiger partial charge in [-0.25, -0.2) is 0 Å². The molecule has 0 amide bonds. The lowest BCUT2D eigenvalue weighted by Gasteiger charge is -2.15. The van der Waals surface area contributed by atoms with Crippen molar-refractivity contribution in [2.24, 2.45) is 5.92 Å². The molecule has 2 aromatic heterocycles. The highest BCUT2D eigenvalue weighted by molar-refractivity contribution is 5.36. The minimum Gasteiger partial charge on any atom is -0.313 e. The SMILES string of the molecule is CCC(NCCc1nnc2ccccn12)C1CC1. The summed E-state index contributed by atoms with van der Waals surface area (Å²) >= 11 is 0. The molecule has 96 valence electrons. The van der Waals surface area contributed by atoms with Crippen LogP contribution in [-0.4, -0.2) is 27.2 Å². The van der Waals surface area contributed by atoms with Crippen LogP contribution < -0.4 is 5.32 Å². The minimum absolute atomic E-state index is 0.698. The summed E-state index contributed by atoms with van der Waals surface area (Å²) < 4.78 is 2.07. The van der Waals surface area contributed by atoms with E-state index in [0.29, 0.717) is 6.04 Å². The largest absolute Gasteiger partial charge is 0.313 e. The second kappa shape index (κ2) is 5.06. The second-order valence-corrected chi connectivity index (χ2v) is 5.10. The van der Waals surface area contributed by atoms with Gasteiger partial charge < -0.3 is 5.32 Å². The molecule has 3 rings (SSSR count). The Morgan fingerprint density at radius 3 is 3.06 bits per heavy atom. The molecule has 2 heterocycles. The summed E-state index contributed by atoms with van der Waals surface area (Å²) in [6.07, 6.45) is 7.00. The molecule has 0 saturated heterocycles. The summed E-state index contributed by atoms with van der Waals surface area (Å²) in [6.45, 7) is 3.26. The lowest BCUT2D eigenvalue weighted by atomic mass is 10.1. The first-order valence-electron chi connectivity index (χ1n) is 6.90. The third kappa shape index (κ3) is 2.38. The Balaban J connectivity index is 1.59. The molecule has 1 aliphatic rings. The first-order chi connectivity index (χ1) is 8.88. The number of pyridine rings is 1. The molecule has 0 spiro atoms. The van der Waals surface area contributed by atoms with Crippen molar-refractivity contribution in [1.82, 2.24) is 19.9 Å². The third-order valence-corrected chi connectivity index (χ3v) is 3.77. The predicted molar refractivity (Wildman–Crippen MR) is 71.5 cm³/mol. The lowest BCUT2D eigenvalue weighted by Crippen LogP contribution is -2.32. The normalized spacial score (nSPS) is 17.2. The van der Waals surface area contributed by atoms with Crippen LogP contribution in [0.15, 0.2) is 24.4 Å². The summed E-state index contributed by atoms with van der Waals surface area (Å²) in [7, 11) is 0. The van der Waals surface area contributed by atoms with E-state index in [4.69, 9.17) is 0 Å². The van der Waals surface area contributed by atoms with Gasteiger partial charge in [0.1, 0.15) is 5.82 Å². The molecule has 0 bridgehead atoms. The van der Waals surface area contributed by atoms with E-state index in [1.54, 1.807) is 0 Å². The van der Waals surface area contributed by atoms with Gasteiger partial charge in [-0.1, -0.05) is 13.0 Å². The van der Waals surface area contributed by atoms with Gasteiger partial charge in [0.15, 0.2) is 5.65 Å². The maximum atomic E-state index is 4.25. The van der Waals surface area contributed by atoms with Crippen LogP contribution in [0.1, 0.15) is 32.0 Å². The molecule has 4 heteroatoms. The van der Waals surface area contributed by atoms with E-state index in [0.717, 1.165) is 30.4 Å². The van der Waals surface area contributed by atoms with E-state index in [-0.39, 0.29) is 0 Å². The van der Waals surface area contributed by atoms with Crippen molar-refractivity contribution in [3.8, 4) is 0 Å². The lowest BCUT2D eigenvalue weighted by molar-refractivity contribution is 0.450. The maximum absolute atomic E-state index is 4.25. The monoisotopic (exact) mass is 244 g/mol. The Bertz CT molecular complexity index is 515. The smallest absolute Gasteiger partial charge is 0.160 e. The third-order valence-electron chi connectivity index (χ3n) is 3.77. The van der Waals surface area contributed by atoms with Gasteiger partial charge >= 0.3 is 0 Å². The van der Waals surface area contributed by atoms with Crippen LogP contribution >= 0.6 is 0 Å². The Labute approximate surface area is 107 Å². The fourth-order valence-electron chi connectivity index (χ4n) is 2.57. The van der Waals surface area contributed by atoms with Crippen molar-refractivity contribution >= 4 is 5.65 Å². The van der Waals surface area contributed by atoms with Gasteiger partial charge in [-0.15, -0.1) is 10.2 Å². The highest BCUT2D eigenvalue weighted by Gasteiger charge is 2.29. The average molecular weight is 244 g/mol. The number of hydrogen-bond acceptors (Lipinski definition) is 3. The van der Waals surface area contributed by atoms with Gasteiger partial charge in [0.25, 0.3) is 0 Å². The van der Waals surface area contributed by atoms with Gasteiger partial charge in [0, 0.05) is 25.2 Å². The van der Waals surface area contributed by atoms with E-state index in [9.17, 15) is 0 Å². The second-order valence-electron chi connectivity index (χ2n) is 5.10. The van der Waals surface area contributed by atoms with E-state index in [1.165, 1.54) is 19.3 Å². The Morgan fingerprint density at radius 2 is 2.28 bits per heavy atom. The molecule has 1 fully saturated rings. The molecule has 1 unspecified atom stereocenters. The fraction of sp³-hybridized carbons (Fsp3) is 0.571. The minimum atomic E-state index is 0.698. The van der Waals surface area contributed by atoms with Crippen molar-refractivity contribution in [3.63, 3.8) is 0 Å². The van der Waals surface area contributed by atoms with E-state index >= 15 is 0 Å². The molecular formula is C14H20N4. The Morgan fingerprint density at radius 1 is 1.39 bits per heavy atom. The van der Waals surface area contributed by atoms with Crippen LogP contribution in [0.5, 0.6) is 0 Å². The van der Waals surface area contributed by atoms with Crippen molar-refractivity contribution in [1.29, 1.82) is 0 Å². The molecule has 2 aromatic rings. The van der Waals surface area contributed by atoms with Gasteiger partial charge in [-0.2, -0.15) is 0 Å². The topological polar surface area (TPSA) is 42.2 Å². The highest BCUT2D eigenvalue weighted by Crippen LogP contribution is 2.33. The molecule has 0 aromatic carbocycles. The molecular weight excluding hydrogens is 224 g/mol. The summed E-state index contributed by atoms with van der Waals surface area (Å²) in [4.78, 5) is 0. The Kier molecular flexibility index (Phi) is 3.28. The standard InChI is InChI=1S/C14H20N4/c1-2-12(11-6-7-11)15-9-8-14-17-16-13-5-3-4-10-18(13)14/h3-5,10-12,15H,2,6-9H2,1H3. The summed E-state index contributed by atoms with van der Waals surface area (Å²) in [5, 5.41) is 12.1. The van der Waals surface area contributed by atoms with Crippen LogP contribution in [0.4, 0.5) is 0 Å². The van der Waals surface area contributed by atoms with Crippen LogP contribution in [0.2, 0.25) is 0 Å². The number of fused-ring (bicyclic) bond motifs is 1. The first-order valence-corrected chi connectivity index (χ1v) is 6.90. The number of nitrogens with zero attached hydrogens (tertiary/aromatic N) is 3. The summed E-state index contributed by atoms with van der Waals surface area (Å²) in [6, 6.07) is 6.70. The van der Waals surface area contributed by atoms with Gasteiger partial charge in [-0.3, -0.25) is 4.40 Å². The van der Waals surface area contributed by atoms with Crippen molar-refractivity contribution < 1.29 is 0 Å². The zero-order valence-electron chi connectivity index (χ0n) is 10.8. The van der Waals surface area contributed by atoms with E-state index in [1.807, 2.05) is 24.4 Å². The molecule has 1 atom stereocenters. The number of nitrogens with one attached hydrogen (secondary N) is 1. The Hall–Kier alpha value is -1.42. The zero-order valence-corrected chi connectivity index (χ0v) is 10.8. The number of aromatic nitrogens is 3. The average Bonchev–Trinajstić information content (AvgIpc) is 3.16. The molecule has 0 aliphatic heterocycles. The van der Waals surface area contributed by atoms with E-state index < -0.39 is 0 Å². The molecule has 1 saturated carbocycles. The van der Waals surface area contributed by atoms with Gasteiger partial charge in [0.2, 0.25) is 0 Å². The van der Waals surface area contributed by atoms with Crippen molar-refractivity contribution in [3.05, 3.63) is 30.2 Å². The van der Waals surface area contributed by atoms with Gasteiger partial charge in [-0.05, 0) is 37.3 Å². The van der Waals surface area contributed by atoms with Gasteiger partial charge in [0.05, 0.1) is 0 Å². The van der Waals surface area contributed by atoms with Crippen LogP contribution in [0.3, 0.4) is 0 Å². The van der Waals surface area contributed by atoms with Crippen LogP contribution in [0.25, 0.3) is 5.65 Å². The first kappa shape index (κ1) is 11.7. The molecule has 4 nitrogen and oxygen atoms in total. The van der Waals surface area contributed by atoms with Crippen molar-refractivity contribution in [2.45, 2.75) is 38.6 Å². The quantitative estimate of drug-likeness (QED) is 0.845. The van der Waals surface area contributed by atoms with Crippen LogP contribution in [0, 0.1) is 5.92 Å². The number of hydrogen-bond donors (Lipinski definition) is 1. The highest BCUT2D eigenvalue weighted by atomic mass is 15.2. The number of rotatable bonds is 6. The van der Waals surface area contributed by atoms with E-state index in [2.05, 4.69) is 26.8 Å². The summed E-state index contributed by atoms with van der Waals surface area (Å²) in [5.41, 5.74) is 0.932. The van der Waals surface area contributed by atoms with Crippen LogP contribution in [-0.2, 0) is 6.42 Å². The molecule has 0 radical (unpaired) electrons. The molecule has 1 N–H and O–H groups in total. The predicted octanol–water partition coefficient (Wildman–Crippen LogP) is 2.05. The fourth-order valence-corrected chi connectivity index (χ4v) is 2.57. The molecule has 18 heavy (non-hydrogen) atoms. The maximum Gasteiger partial charge on any atom is 0.160 e. The zero-order chi connectivity index (χ0) is 12.4. The summed E-state index contributed by atoms with van der Waals surface area (Å²) in [5.74, 6) is 1.97. The van der Waals surface area contributed by atoms with Crippen molar-refractivity contribution in [2.75, 3.05) is 6.54 Å². The molecule has 1 aliphatic carbocycles.